The molecule has 1 aliphatic heterocycles. The molecule has 0 bridgehead atoms. The second-order valence-corrected chi connectivity index (χ2v) is 4.28. The fraction of sp³-hybridized carbons (Fsp3) is 0.462. The van der Waals surface area contributed by atoms with E-state index >= 15 is 0 Å². The molecule has 0 saturated carbocycles. The van der Waals surface area contributed by atoms with Crippen LogP contribution < -0.4 is 9.64 Å². The van der Waals surface area contributed by atoms with Gasteiger partial charge in [-0.1, -0.05) is 6.07 Å². The van der Waals surface area contributed by atoms with E-state index in [1.54, 1.807) is 7.11 Å². The van der Waals surface area contributed by atoms with Crippen molar-refractivity contribution in [1.82, 2.24) is 0 Å². The zero-order valence-electron chi connectivity index (χ0n) is 10.4. The molecule has 2 rings (SSSR count). The maximum absolute atomic E-state index is 11.3. The van der Waals surface area contributed by atoms with Gasteiger partial charge in [-0.05, 0) is 11.6 Å². The molecule has 4 nitrogen and oxygen atoms in total. The van der Waals surface area contributed by atoms with Crippen LogP contribution in [0.3, 0.4) is 0 Å². The Hall–Kier alpha value is -1.71. The molecule has 4 heteroatoms. The number of rotatable bonds is 3. The summed E-state index contributed by atoms with van der Waals surface area (Å²) in [5.74, 6) is 0.898. The van der Waals surface area contributed by atoms with E-state index in [0.29, 0.717) is 6.42 Å². The van der Waals surface area contributed by atoms with E-state index in [2.05, 4.69) is 4.90 Å². The van der Waals surface area contributed by atoms with Crippen LogP contribution in [0.25, 0.3) is 0 Å². The summed E-state index contributed by atoms with van der Waals surface area (Å²) in [7, 11) is 5.11. The van der Waals surface area contributed by atoms with E-state index in [-0.39, 0.29) is 11.9 Å². The van der Waals surface area contributed by atoms with Gasteiger partial charge in [0.15, 0.2) is 0 Å². The van der Waals surface area contributed by atoms with Crippen LogP contribution in [-0.2, 0) is 9.53 Å². The second kappa shape index (κ2) is 4.65. The SMILES string of the molecule is COC(=O)CC1CN(C)c2cc(OC)ccc21. The Morgan fingerprint density at radius 3 is 2.88 bits per heavy atom. The highest BCUT2D eigenvalue weighted by atomic mass is 16.5. The van der Waals surface area contributed by atoms with Crippen molar-refractivity contribution >= 4 is 11.7 Å². The fourth-order valence-corrected chi connectivity index (χ4v) is 2.31. The Labute approximate surface area is 101 Å². The molecule has 1 unspecified atom stereocenters. The van der Waals surface area contributed by atoms with Crippen LogP contribution in [0.2, 0.25) is 0 Å². The van der Waals surface area contributed by atoms with Crippen molar-refractivity contribution in [1.29, 1.82) is 0 Å². The predicted octanol–water partition coefficient (Wildman–Crippen LogP) is 1.79. The molecule has 0 radical (unpaired) electrons. The Morgan fingerprint density at radius 1 is 1.47 bits per heavy atom. The molecule has 0 spiro atoms. The summed E-state index contributed by atoms with van der Waals surface area (Å²) in [5.41, 5.74) is 2.33. The lowest BCUT2D eigenvalue weighted by atomic mass is 9.98. The molecule has 17 heavy (non-hydrogen) atoms. The van der Waals surface area contributed by atoms with E-state index < -0.39 is 0 Å². The number of methoxy groups -OCH3 is 2. The smallest absolute Gasteiger partial charge is 0.306 e. The highest BCUT2D eigenvalue weighted by Gasteiger charge is 2.28. The lowest BCUT2D eigenvalue weighted by Crippen LogP contribution is -2.17. The van der Waals surface area contributed by atoms with Gasteiger partial charge in [0.05, 0.1) is 20.6 Å². The van der Waals surface area contributed by atoms with Crippen molar-refractivity contribution in [2.75, 3.05) is 32.7 Å². The van der Waals surface area contributed by atoms with Gasteiger partial charge in [0, 0.05) is 31.3 Å². The number of benzene rings is 1. The highest BCUT2D eigenvalue weighted by Crippen LogP contribution is 2.39. The van der Waals surface area contributed by atoms with E-state index in [1.807, 2.05) is 25.2 Å². The monoisotopic (exact) mass is 235 g/mol. The van der Waals surface area contributed by atoms with Gasteiger partial charge in [-0.25, -0.2) is 0 Å². The summed E-state index contributed by atoms with van der Waals surface area (Å²) in [4.78, 5) is 13.5. The molecular formula is C13H17NO3. The minimum atomic E-state index is -0.160. The number of likely N-dealkylation sites (N-methyl/N-ethyl adjacent to an activating group) is 1. The summed E-state index contributed by atoms with van der Waals surface area (Å²) in [5, 5.41) is 0. The fourth-order valence-electron chi connectivity index (χ4n) is 2.31. The number of carbonyl (C=O) groups excluding carboxylic acids is 1. The summed E-state index contributed by atoms with van der Waals surface area (Å²) in [6, 6.07) is 5.97. The van der Waals surface area contributed by atoms with Gasteiger partial charge < -0.3 is 14.4 Å². The zero-order chi connectivity index (χ0) is 12.4. The van der Waals surface area contributed by atoms with Crippen LogP contribution in [-0.4, -0.2) is 33.8 Å². The van der Waals surface area contributed by atoms with Gasteiger partial charge >= 0.3 is 5.97 Å². The molecular weight excluding hydrogens is 218 g/mol. The van der Waals surface area contributed by atoms with E-state index in [0.717, 1.165) is 18.0 Å². The number of ether oxygens (including phenoxy) is 2. The van der Waals surface area contributed by atoms with Crippen LogP contribution in [0.5, 0.6) is 5.75 Å². The number of esters is 1. The Bertz CT molecular complexity index is 431. The van der Waals surface area contributed by atoms with E-state index in [9.17, 15) is 4.79 Å². The quantitative estimate of drug-likeness (QED) is 0.749. The lowest BCUT2D eigenvalue weighted by molar-refractivity contribution is -0.140. The van der Waals surface area contributed by atoms with Crippen molar-refractivity contribution in [2.45, 2.75) is 12.3 Å². The van der Waals surface area contributed by atoms with Gasteiger partial charge in [0.2, 0.25) is 0 Å². The van der Waals surface area contributed by atoms with Crippen LogP contribution in [0.15, 0.2) is 18.2 Å². The predicted molar refractivity (Wildman–Crippen MR) is 65.6 cm³/mol. The summed E-state index contributed by atoms with van der Waals surface area (Å²) < 4.78 is 9.93. The van der Waals surface area contributed by atoms with Crippen LogP contribution >= 0.6 is 0 Å². The minimum absolute atomic E-state index is 0.160. The van der Waals surface area contributed by atoms with E-state index in [4.69, 9.17) is 9.47 Å². The molecule has 1 heterocycles. The number of hydrogen-bond donors (Lipinski definition) is 0. The molecule has 0 aromatic heterocycles. The second-order valence-electron chi connectivity index (χ2n) is 4.28. The summed E-state index contributed by atoms with van der Waals surface area (Å²) in [6.45, 7) is 0.845. The van der Waals surface area contributed by atoms with Crippen molar-refractivity contribution in [2.24, 2.45) is 0 Å². The van der Waals surface area contributed by atoms with Crippen molar-refractivity contribution in [3.8, 4) is 5.75 Å². The zero-order valence-corrected chi connectivity index (χ0v) is 10.4. The first-order valence-corrected chi connectivity index (χ1v) is 5.61. The normalized spacial score (nSPS) is 17.8. The molecule has 92 valence electrons. The highest BCUT2D eigenvalue weighted by molar-refractivity contribution is 5.73. The Balaban J connectivity index is 2.25. The van der Waals surface area contributed by atoms with Gasteiger partial charge in [-0.2, -0.15) is 0 Å². The topological polar surface area (TPSA) is 38.8 Å². The molecule has 1 aliphatic rings. The first-order chi connectivity index (χ1) is 8.15. The number of fused-ring (bicyclic) bond motifs is 1. The number of hydrogen-bond acceptors (Lipinski definition) is 4. The third kappa shape index (κ3) is 2.20. The standard InChI is InChI=1S/C13H17NO3/c1-14-8-9(6-13(15)17-3)11-5-4-10(16-2)7-12(11)14/h4-5,7,9H,6,8H2,1-3H3. The summed E-state index contributed by atoms with van der Waals surface area (Å²) in [6.07, 6.45) is 0.431. The molecule has 1 atom stereocenters. The van der Waals surface area contributed by atoms with Crippen molar-refractivity contribution in [3.05, 3.63) is 23.8 Å². The van der Waals surface area contributed by atoms with Gasteiger partial charge in [-0.3, -0.25) is 4.79 Å². The maximum atomic E-state index is 11.3. The Kier molecular flexibility index (Phi) is 3.22. The molecule has 0 saturated heterocycles. The average molecular weight is 235 g/mol. The molecule has 0 aliphatic carbocycles. The average Bonchev–Trinajstić information content (AvgIpc) is 2.65. The largest absolute Gasteiger partial charge is 0.497 e. The van der Waals surface area contributed by atoms with Crippen LogP contribution in [0.4, 0.5) is 5.69 Å². The number of carbonyl (C=O) groups is 1. The minimum Gasteiger partial charge on any atom is -0.497 e. The maximum Gasteiger partial charge on any atom is 0.306 e. The molecule has 1 aromatic carbocycles. The van der Waals surface area contributed by atoms with Crippen molar-refractivity contribution < 1.29 is 14.3 Å². The molecule has 1 aromatic rings. The third-order valence-corrected chi connectivity index (χ3v) is 3.22. The van der Waals surface area contributed by atoms with E-state index in [1.165, 1.54) is 12.7 Å². The van der Waals surface area contributed by atoms with Gasteiger partial charge in [-0.15, -0.1) is 0 Å². The first-order valence-electron chi connectivity index (χ1n) is 5.61. The van der Waals surface area contributed by atoms with Crippen LogP contribution in [0.1, 0.15) is 17.9 Å². The van der Waals surface area contributed by atoms with Gasteiger partial charge in [0.1, 0.15) is 5.75 Å². The first kappa shape index (κ1) is 11.8. The molecule has 0 N–H and O–H groups in total. The third-order valence-electron chi connectivity index (χ3n) is 3.22. The lowest BCUT2D eigenvalue weighted by Gasteiger charge is -2.12. The Morgan fingerprint density at radius 2 is 2.24 bits per heavy atom. The number of nitrogens with zero attached hydrogens (tertiary/aromatic N) is 1. The van der Waals surface area contributed by atoms with Crippen molar-refractivity contribution in [3.63, 3.8) is 0 Å². The van der Waals surface area contributed by atoms with Crippen LogP contribution in [0, 0.1) is 0 Å². The van der Waals surface area contributed by atoms with Gasteiger partial charge in [0.25, 0.3) is 0 Å². The number of anilines is 1. The summed E-state index contributed by atoms with van der Waals surface area (Å²) >= 11 is 0. The molecule has 0 amide bonds. The molecule has 0 fully saturated rings.